The van der Waals surface area contributed by atoms with Crippen LogP contribution in [0.4, 0.5) is 4.39 Å². The van der Waals surface area contributed by atoms with Crippen molar-refractivity contribution in [2.75, 3.05) is 19.9 Å². The van der Waals surface area contributed by atoms with Gasteiger partial charge in [-0.15, -0.1) is 10.2 Å². The second kappa shape index (κ2) is 7.20. The first-order valence-electron chi connectivity index (χ1n) is 9.45. The zero-order chi connectivity index (χ0) is 19.8. The van der Waals surface area contributed by atoms with Crippen molar-refractivity contribution in [1.29, 1.82) is 0 Å². The molecule has 0 N–H and O–H groups in total. The van der Waals surface area contributed by atoms with Crippen molar-refractivity contribution in [3.8, 4) is 23.0 Å². The number of fused-ring (bicyclic) bond motifs is 1. The van der Waals surface area contributed by atoms with Crippen molar-refractivity contribution in [2.45, 2.75) is 18.8 Å². The average molecular weight is 395 g/mol. The number of likely N-dealkylation sites (tertiary alicyclic amines) is 1. The Balaban J connectivity index is 1.32. The van der Waals surface area contributed by atoms with E-state index in [4.69, 9.17) is 13.9 Å². The van der Waals surface area contributed by atoms with Crippen LogP contribution in [-0.4, -0.2) is 40.9 Å². The third kappa shape index (κ3) is 3.41. The summed E-state index contributed by atoms with van der Waals surface area (Å²) in [6, 6.07) is 11.1. The van der Waals surface area contributed by atoms with Crippen molar-refractivity contribution >= 4 is 5.91 Å². The van der Waals surface area contributed by atoms with E-state index in [0.29, 0.717) is 41.9 Å². The van der Waals surface area contributed by atoms with Crippen LogP contribution in [0.2, 0.25) is 0 Å². The summed E-state index contributed by atoms with van der Waals surface area (Å²) in [5.74, 6) is 1.73. The number of hydrogen-bond donors (Lipinski definition) is 0. The molecule has 2 aliphatic rings. The number of nitrogens with zero attached hydrogens (tertiary/aromatic N) is 3. The second-order valence-corrected chi connectivity index (χ2v) is 7.11. The minimum atomic E-state index is -0.361. The number of hydrogen-bond acceptors (Lipinski definition) is 6. The molecule has 1 atom stereocenters. The van der Waals surface area contributed by atoms with Crippen LogP contribution in [-0.2, 0) is 0 Å². The Morgan fingerprint density at radius 1 is 1.07 bits per heavy atom. The second-order valence-electron chi connectivity index (χ2n) is 7.11. The lowest BCUT2D eigenvalue weighted by Gasteiger charge is -2.31. The molecule has 7 nitrogen and oxygen atoms in total. The van der Waals surface area contributed by atoms with Gasteiger partial charge in [-0.25, -0.2) is 4.39 Å². The molecule has 0 radical (unpaired) electrons. The van der Waals surface area contributed by atoms with Gasteiger partial charge in [-0.05, 0) is 55.3 Å². The van der Waals surface area contributed by atoms with E-state index in [0.717, 1.165) is 18.4 Å². The Bertz CT molecular complexity index is 1050. The fourth-order valence-corrected chi connectivity index (χ4v) is 3.68. The first-order chi connectivity index (χ1) is 14.2. The normalized spacial score (nSPS) is 18.1. The topological polar surface area (TPSA) is 77.7 Å². The van der Waals surface area contributed by atoms with Gasteiger partial charge < -0.3 is 18.8 Å². The van der Waals surface area contributed by atoms with Crippen LogP contribution >= 0.6 is 0 Å². The first-order valence-corrected chi connectivity index (χ1v) is 9.45. The number of rotatable bonds is 3. The molecule has 1 amide bonds. The van der Waals surface area contributed by atoms with E-state index in [1.54, 1.807) is 4.90 Å². The summed E-state index contributed by atoms with van der Waals surface area (Å²) < 4.78 is 29.7. The molecule has 0 aliphatic carbocycles. The molecule has 0 bridgehead atoms. The number of amides is 1. The number of carbonyl (C=O) groups excluding carboxylic acids is 1. The van der Waals surface area contributed by atoms with Gasteiger partial charge in [0.05, 0.1) is 5.92 Å². The van der Waals surface area contributed by atoms with Gasteiger partial charge >= 0.3 is 0 Å². The predicted molar refractivity (Wildman–Crippen MR) is 100 cm³/mol. The molecule has 3 heterocycles. The lowest BCUT2D eigenvalue weighted by molar-refractivity contribution is 0.0698. The van der Waals surface area contributed by atoms with Gasteiger partial charge in [0, 0.05) is 24.2 Å². The van der Waals surface area contributed by atoms with E-state index in [1.807, 2.05) is 18.2 Å². The molecule has 0 spiro atoms. The highest BCUT2D eigenvalue weighted by molar-refractivity contribution is 5.94. The maximum atomic E-state index is 13.1. The Kier molecular flexibility index (Phi) is 4.38. The van der Waals surface area contributed by atoms with Crippen LogP contribution in [0, 0.1) is 5.82 Å². The third-order valence-electron chi connectivity index (χ3n) is 5.21. The zero-order valence-electron chi connectivity index (χ0n) is 15.5. The van der Waals surface area contributed by atoms with Crippen molar-refractivity contribution in [2.24, 2.45) is 0 Å². The maximum Gasteiger partial charge on any atom is 0.253 e. The molecule has 1 unspecified atom stereocenters. The van der Waals surface area contributed by atoms with Crippen LogP contribution in [0.25, 0.3) is 11.5 Å². The summed E-state index contributed by atoms with van der Waals surface area (Å²) in [5, 5.41) is 8.38. The van der Waals surface area contributed by atoms with E-state index in [9.17, 15) is 9.18 Å². The summed E-state index contributed by atoms with van der Waals surface area (Å²) in [5.41, 5.74) is 1.22. The van der Waals surface area contributed by atoms with Crippen LogP contribution in [0.5, 0.6) is 11.5 Å². The van der Waals surface area contributed by atoms with Gasteiger partial charge in [0.2, 0.25) is 18.6 Å². The van der Waals surface area contributed by atoms with Gasteiger partial charge in [0.1, 0.15) is 5.82 Å². The highest BCUT2D eigenvalue weighted by Gasteiger charge is 2.29. The van der Waals surface area contributed by atoms with Crippen molar-refractivity contribution in [1.82, 2.24) is 15.1 Å². The Hall–Kier alpha value is -3.42. The van der Waals surface area contributed by atoms with E-state index < -0.39 is 0 Å². The summed E-state index contributed by atoms with van der Waals surface area (Å²) >= 11 is 0. The van der Waals surface area contributed by atoms with Crippen molar-refractivity contribution in [3.05, 3.63) is 59.7 Å². The van der Waals surface area contributed by atoms with Crippen molar-refractivity contribution < 1.29 is 23.1 Å². The first kappa shape index (κ1) is 17.7. The van der Waals surface area contributed by atoms with E-state index >= 15 is 0 Å². The quantitative estimate of drug-likeness (QED) is 0.674. The molecule has 3 aromatic rings. The molecular formula is C21H18FN3O4. The fourth-order valence-electron chi connectivity index (χ4n) is 3.68. The lowest BCUT2D eigenvalue weighted by atomic mass is 9.97. The summed E-state index contributed by atoms with van der Waals surface area (Å²) in [6.45, 7) is 1.34. The molecular weight excluding hydrogens is 377 g/mol. The van der Waals surface area contributed by atoms with E-state index in [1.165, 1.54) is 24.3 Å². The number of piperidine rings is 1. The molecule has 0 saturated carbocycles. The van der Waals surface area contributed by atoms with Crippen LogP contribution in [0.3, 0.4) is 0 Å². The van der Waals surface area contributed by atoms with Crippen molar-refractivity contribution in [3.63, 3.8) is 0 Å². The lowest BCUT2D eigenvalue weighted by Crippen LogP contribution is -2.39. The standard InChI is InChI=1S/C21H18FN3O4/c22-16-6-3-13(4-7-16)21(26)25-9-1-2-15(11-25)20-24-23-19(29-20)14-5-8-17-18(10-14)28-12-27-17/h3-8,10,15H,1-2,9,11-12H2. The fraction of sp³-hybridized carbons (Fsp3) is 0.286. The number of halogens is 1. The number of ether oxygens (including phenoxy) is 2. The monoisotopic (exact) mass is 395 g/mol. The number of aromatic nitrogens is 2. The summed E-state index contributed by atoms with van der Waals surface area (Å²) in [4.78, 5) is 14.5. The molecule has 1 aromatic heterocycles. The van der Waals surface area contributed by atoms with Crippen LogP contribution in [0.15, 0.2) is 46.9 Å². The van der Waals surface area contributed by atoms with Gasteiger partial charge in [-0.2, -0.15) is 0 Å². The largest absolute Gasteiger partial charge is 0.454 e. The Morgan fingerprint density at radius 2 is 1.90 bits per heavy atom. The van der Waals surface area contributed by atoms with Crippen LogP contribution in [0.1, 0.15) is 35.0 Å². The smallest absolute Gasteiger partial charge is 0.253 e. The van der Waals surface area contributed by atoms with E-state index in [2.05, 4.69) is 10.2 Å². The maximum absolute atomic E-state index is 13.1. The Morgan fingerprint density at radius 3 is 2.76 bits per heavy atom. The predicted octanol–water partition coefficient (Wildman–Crippen LogP) is 3.62. The molecule has 2 aromatic carbocycles. The molecule has 1 fully saturated rings. The average Bonchev–Trinajstić information content (AvgIpc) is 3.43. The highest BCUT2D eigenvalue weighted by Crippen LogP contribution is 2.36. The van der Waals surface area contributed by atoms with Crippen LogP contribution < -0.4 is 9.47 Å². The number of benzene rings is 2. The van der Waals surface area contributed by atoms with E-state index in [-0.39, 0.29) is 24.4 Å². The zero-order valence-corrected chi connectivity index (χ0v) is 15.5. The SMILES string of the molecule is O=C(c1ccc(F)cc1)N1CCCC(c2nnc(-c3ccc4c(c3)OCO4)o2)C1. The molecule has 8 heteroatoms. The molecule has 2 aliphatic heterocycles. The molecule has 5 rings (SSSR count). The summed E-state index contributed by atoms with van der Waals surface area (Å²) in [6.07, 6.45) is 1.69. The van der Waals surface area contributed by atoms with Gasteiger partial charge in [0.25, 0.3) is 5.91 Å². The molecule has 29 heavy (non-hydrogen) atoms. The summed E-state index contributed by atoms with van der Waals surface area (Å²) in [7, 11) is 0. The Labute approximate surface area is 166 Å². The van der Waals surface area contributed by atoms with Gasteiger partial charge in [-0.3, -0.25) is 4.79 Å². The molecule has 148 valence electrons. The minimum absolute atomic E-state index is 0.0385. The number of carbonyl (C=O) groups is 1. The van der Waals surface area contributed by atoms with Gasteiger partial charge in [0.15, 0.2) is 11.5 Å². The minimum Gasteiger partial charge on any atom is -0.454 e. The van der Waals surface area contributed by atoms with Gasteiger partial charge in [-0.1, -0.05) is 0 Å². The third-order valence-corrected chi connectivity index (χ3v) is 5.21. The molecule has 1 saturated heterocycles. The highest BCUT2D eigenvalue weighted by atomic mass is 19.1.